The SMILES string of the molecule is CC1CC(C)CN(S(=O)(=O)c2cccc(C(=O)NCC(C3CCOC3)N3CCOCC3)c2)C1. The normalized spacial score (nSPS) is 28.5. The van der Waals surface area contributed by atoms with Crippen molar-refractivity contribution in [1.29, 1.82) is 0 Å². The Morgan fingerprint density at radius 2 is 1.85 bits per heavy atom. The first kappa shape index (κ1) is 24.6. The molecule has 1 aromatic carbocycles. The summed E-state index contributed by atoms with van der Waals surface area (Å²) < 4.78 is 39.2. The highest BCUT2D eigenvalue weighted by Gasteiger charge is 2.33. The molecule has 0 bridgehead atoms. The van der Waals surface area contributed by atoms with Crippen LogP contribution in [0.25, 0.3) is 0 Å². The van der Waals surface area contributed by atoms with Gasteiger partial charge in [0.2, 0.25) is 10.0 Å². The van der Waals surface area contributed by atoms with Crippen molar-refractivity contribution in [1.82, 2.24) is 14.5 Å². The molecule has 3 saturated heterocycles. The molecule has 184 valence electrons. The molecule has 0 aromatic heterocycles. The summed E-state index contributed by atoms with van der Waals surface area (Å²) >= 11 is 0. The van der Waals surface area contributed by atoms with E-state index in [1.165, 1.54) is 6.07 Å². The number of carbonyl (C=O) groups is 1. The van der Waals surface area contributed by atoms with E-state index >= 15 is 0 Å². The average molecular weight is 480 g/mol. The lowest BCUT2D eigenvalue weighted by Gasteiger charge is -2.37. The van der Waals surface area contributed by atoms with Crippen LogP contribution in [0, 0.1) is 17.8 Å². The summed E-state index contributed by atoms with van der Waals surface area (Å²) in [6.45, 7) is 10.3. The minimum atomic E-state index is -3.63. The van der Waals surface area contributed by atoms with E-state index in [1.54, 1.807) is 22.5 Å². The molecule has 9 heteroatoms. The molecular formula is C24H37N3O5S. The second-order valence-electron chi connectivity index (χ2n) is 9.85. The number of nitrogens with zero attached hydrogens (tertiary/aromatic N) is 2. The third kappa shape index (κ3) is 5.95. The molecule has 0 radical (unpaired) electrons. The summed E-state index contributed by atoms with van der Waals surface area (Å²) in [6.07, 6.45) is 2.02. The summed E-state index contributed by atoms with van der Waals surface area (Å²) in [5.41, 5.74) is 0.373. The molecule has 3 fully saturated rings. The van der Waals surface area contributed by atoms with Crippen LogP contribution in [0.15, 0.2) is 29.2 Å². The highest BCUT2D eigenvalue weighted by Crippen LogP contribution is 2.27. The van der Waals surface area contributed by atoms with Gasteiger partial charge in [0.25, 0.3) is 5.91 Å². The van der Waals surface area contributed by atoms with Gasteiger partial charge in [0.05, 0.1) is 24.7 Å². The molecule has 0 saturated carbocycles. The van der Waals surface area contributed by atoms with Gasteiger partial charge >= 0.3 is 0 Å². The van der Waals surface area contributed by atoms with Gasteiger partial charge in [-0.3, -0.25) is 9.69 Å². The Balaban J connectivity index is 1.44. The minimum Gasteiger partial charge on any atom is -0.381 e. The number of carbonyl (C=O) groups excluding carboxylic acids is 1. The Kier molecular flexibility index (Phi) is 8.07. The van der Waals surface area contributed by atoms with Gasteiger partial charge in [0.15, 0.2) is 0 Å². The van der Waals surface area contributed by atoms with Gasteiger partial charge in [0, 0.05) is 56.9 Å². The first-order chi connectivity index (χ1) is 15.8. The van der Waals surface area contributed by atoms with E-state index in [4.69, 9.17) is 9.47 Å². The predicted octanol–water partition coefficient (Wildman–Crippen LogP) is 1.82. The van der Waals surface area contributed by atoms with E-state index < -0.39 is 10.0 Å². The number of hydrogen-bond acceptors (Lipinski definition) is 6. The second kappa shape index (κ2) is 10.8. The fourth-order valence-corrected chi connectivity index (χ4v) is 7.13. The van der Waals surface area contributed by atoms with Gasteiger partial charge in [-0.2, -0.15) is 4.31 Å². The number of rotatable bonds is 7. The van der Waals surface area contributed by atoms with Crippen molar-refractivity contribution >= 4 is 15.9 Å². The zero-order valence-corrected chi connectivity index (χ0v) is 20.6. The summed E-state index contributed by atoms with van der Waals surface area (Å²) in [7, 11) is -3.63. The lowest BCUT2D eigenvalue weighted by atomic mass is 9.94. The van der Waals surface area contributed by atoms with Crippen LogP contribution in [0.5, 0.6) is 0 Å². The molecule has 3 aliphatic rings. The molecule has 4 atom stereocenters. The summed E-state index contributed by atoms with van der Waals surface area (Å²) in [4.78, 5) is 15.6. The molecule has 1 amide bonds. The molecule has 0 spiro atoms. The maximum absolute atomic E-state index is 13.3. The van der Waals surface area contributed by atoms with E-state index in [2.05, 4.69) is 24.1 Å². The van der Waals surface area contributed by atoms with Crippen molar-refractivity contribution in [3.8, 4) is 0 Å². The number of morpholine rings is 1. The number of piperidine rings is 1. The monoisotopic (exact) mass is 479 g/mol. The topological polar surface area (TPSA) is 88.2 Å². The maximum atomic E-state index is 13.3. The van der Waals surface area contributed by atoms with Crippen molar-refractivity contribution in [3.05, 3.63) is 29.8 Å². The number of hydrogen-bond donors (Lipinski definition) is 1. The van der Waals surface area contributed by atoms with Crippen LogP contribution in [0.2, 0.25) is 0 Å². The van der Waals surface area contributed by atoms with Crippen molar-refractivity contribution < 1.29 is 22.7 Å². The Morgan fingerprint density at radius 3 is 2.52 bits per heavy atom. The molecular weight excluding hydrogens is 442 g/mol. The lowest BCUT2D eigenvalue weighted by molar-refractivity contribution is 0.00166. The van der Waals surface area contributed by atoms with Crippen LogP contribution < -0.4 is 5.32 Å². The van der Waals surface area contributed by atoms with Gasteiger partial charge in [-0.15, -0.1) is 0 Å². The van der Waals surface area contributed by atoms with Crippen LogP contribution in [0.3, 0.4) is 0 Å². The smallest absolute Gasteiger partial charge is 0.251 e. The van der Waals surface area contributed by atoms with E-state index in [-0.39, 0.29) is 16.8 Å². The second-order valence-corrected chi connectivity index (χ2v) is 11.8. The summed E-state index contributed by atoms with van der Waals surface area (Å²) in [5, 5.41) is 3.06. The molecule has 1 N–H and O–H groups in total. The van der Waals surface area contributed by atoms with Crippen LogP contribution in [-0.2, 0) is 19.5 Å². The average Bonchev–Trinajstić information content (AvgIpc) is 3.34. The minimum absolute atomic E-state index is 0.184. The fraction of sp³-hybridized carbons (Fsp3) is 0.708. The van der Waals surface area contributed by atoms with Gasteiger partial charge in [-0.05, 0) is 42.9 Å². The first-order valence-corrected chi connectivity index (χ1v) is 13.6. The zero-order chi connectivity index (χ0) is 23.4. The third-order valence-electron chi connectivity index (χ3n) is 7.06. The Labute approximate surface area is 197 Å². The van der Waals surface area contributed by atoms with E-state index in [0.717, 1.165) is 32.5 Å². The number of ether oxygens (including phenoxy) is 2. The summed E-state index contributed by atoms with van der Waals surface area (Å²) in [6, 6.07) is 6.62. The number of benzene rings is 1. The highest BCUT2D eigenvalue weighted by atomic mass is 32.2. The van der Waals surface area contributed by atoms with Gasteiger partial charge in [-0.25, -0.2) is 8.42 Å². The number of sulfonamides is 1. The van der Waals surface area contributed by atoms with Gasteiger partial charge < -0.3 is 14.8 Å². The largest absolute Gasteiger partial charge is 0.381 e. The quantitative estimate of drug-likeness (QED) is 0.642. The Morgan fingerprint density at radius 1 is 1.12 bits per heavy atom. The predicted molar refractivity (Wildman–Crippen MR) is 126 cm³/mol. The highest BCUT2D eigenvalue weighted by molar-refractivity contribution is 7.89. The van der Waals surface area contributed by atoms with Crippen molar-refractivity contribution in [3.63, 3.8) is 0 Å². The van der Waals surface area contributed by atoms with Crippen molar-refractivity contribution in [2.75, 3.05) is 59.2 Å². The standard InChI is InChI=1S/C24H37N3O5S/c1-18-12-19(2)16-27(15-18)33(29,30)22-5-3-4-20(13-22)24(28)25-14-23(21-6-9-32-17-21)26-7-10-31-11-8-26/h3-5,13,18-19,21,23H,6-12,14-17H2,1-2H3,(H,25,28). The van der Waals surface area contributed by atoms with Crippen molar-refractivity contribution in [2.45, 2.75) is 37.6 Å². The van der Waals surface area contributed by atoms with Crippen LogP contribution in [0.1, 0.15) is 37.0 Å². The molecule has 8 nitrogen and oxygen atoms in total. The van der Waals surface area contributed by atoms with Crippen molar-refractivity contribution in [2.24, 2.45) is 17.8 Å². The molecule has 1 aromatic rings. The fourth-order valence-electron chi connectivity index (χ4n) is 5.41. The van der Waals surface area contributed by atoms with E-state index in [1.807, 2.05) is 0 Å². The Bertz CT molecular complexity index is 902. The van der Waals surface area contributed by atoms with E-state index in [9.17, 15) is 13.2 Å². The molecule has 33 heavy (non-hydrogen) atoms. The first-order valence-electron chi connectivity index (χ1n) is 12.1. The molecule has 3 heterocycles. The van der Waals surface area contributed by atoms with Crippen LogP contribution in [0.4, 0.5) is 0 Å². The lowest BCUT2D eigenvalue weighted by Crippen LogP contribution is -2.52. The zero-order valence-electron chi connectivity index (χ0n) is 19.7. The molecule has 4 unspecified atom stereocenters. The van der Waals surface area contributed by atoms with E-state index in [0.29, 0.717) is 62.8 Å². The summed E-state index contributed by atoms with van der Waals surface area (Å²) in [5.74, 6) is 0.779. The third-order valence-corrected chi connectivity index (χ3v) is 8.89. The van der Waals surface area contributed by atoms with Gasteiger partial charge in [-0.1, -0.05) is 19.9 Å². The number of amides is 1. The number of nitrogens with one attached hydrogen (secondary N) is 1. The Hall–Kier alpha value is -1.52. The van der Waals surface area contributed by atoms with Crippen LogP contribution >= 0.6 is 0 Å². The molecule has 0 aliphatic carbocycles. The molecule has 4 rings (SSSR count). The van der Waals surface area contributed by atoms with Crippen LogP contribution in [-0.4, -0.2) is 88.7 Å². The molecule has 3 aliphatic heterocycles. The maximum Gasteiger partial charge on any atom is 0.251 e. The van der Waals surface area contributed by atoms with Gasteiger partial charge in [0.1, 0.15) is 0 Å².